The van der Waals surface area contributed by atoms with Crippen LogP contribution in [-0.2, 0) is 0 Å². The number of carbonyl (C=O) groups is 1. The van der Waals surface area contributed by atoms with Crippen molar-refractivity contribution in [1.29, 1.82) is 0 Å². The van der Waals surface area contributed by atoms with Gasteiger partial charge < -0.3 is 9.47 Å². The number of benzene rings is 2. The molecule has 4 heteroatoms. The monoisotopic (exact) mass is 340 g/mol. The minimum atomic E-state index is 0.00388. The molecule has 0 spiro atoms. The molecular weight excluding hydrogens is 320 g/mol. The Bertz CT molecular complexity index is 909. The number of halogens is 1. The van der Waals surface area contributed by atoms with Crippen molar-refractivity contribution in [3.63, 3.8) is 0 Å². The molecule has 1 amide bonds. The number of amides is 1. The number of rotatable bonds is 3. The summed E-state index contributed by atoms with van der Waals surface area (Å²) < 4.78 is 2.26. The van der Waals surface area contributed by atoms with Crippen LogP contribution in [0.5, 0.6) is 0 Å². The van der Waals surface area contributed by atoms with Crippen molar-refractivity contribution in [2.45, 2.75) is 19.9 Å². The van der Waals surface area contributed by atoms with Gasteiger partial charge in [-0.1, -0.05) is 29.8 Å². The zero-order valence-corrected chi connectivity index (χ0v) is 15.1. The van der Waals surface area contributed by atoms with E-state index in [0.29, 0.717) is 10.6 Å². The van der Waals surface area contributed by atoms with E-state index in [2.05, 4.69) is 24.5 Å². The van der Waals surface area contributed by atoms with Gasteiger partial charge in [-0.05, 0) is 44.2 Å². The van der Waals surface area contributed by atoms with Crippen LogP contribution in [0.3, 0.4) is 0 Å². The number of hydrogen-bond donors (Lipinski definition) is 0. The molecular formula is C20H21ClN2O. The van der Waals surface area contributed by atoms with Gasteiger partial charge in [0.1, 0.15) is 0 Å². The molecule has 0 bridgehead atoms. The van der Waals surface area contributed by atoms with Crippen molar-refractivity contribution in [3.8, 4) is 11.3 Å². The van der Waals surface area contributed by atoms with Gasteiger partial charge in [0.25, 0.3) is 5.91 Å². The van der Waals surface area contributed by atoms with E-state index in [9.17, 15) is 4.79 Å². The third-order valence-electron chi connectivity index (χ3n) is 4.16. The Labute approximate surface area is 147 Å². The molecule has 0 aliphatic rings. The zero-order chi connectivity index (χ0) is 17.4. The lowest BCUT2D eigenvalue weighted by Gasteiger charge is -2.18. The molecule has 1 aromatic heterocycles. The highest BCUT2D eigenvalue weighted by molar-refractivity contribution is 6.31. The molecule has 3 aromatic rings. The van der Waals surface area contributed by atoms with Gasteiger partial charge in [-0.25, -0.2) is 0 Å². The first-order chi connectivity index (χ1) is 11.4. The van der Waals surface area contributed by atoms with E-state index in [1.165, 1.54) is 0 Å². The smallest absolute Gasteiger partial charge is 0.254 e. The predicted octanol–water partition coefficient (Wildman–Crippen LogP) is 5.24. The van der Waals surface area contributed by atoms with E-state index in [4.69, 9.17) is 11.6 Å². The van der Waals surface area contributed by atoms with Gasteiger partial charge in [-0.2, -0.15) is 0 Å². The molecule has 0 fully saturated rings. The second kappa shape index (κ2) is 6.33. The van der Waals surface area contributed by atoms with Crippen molar-refractivity contribution in [2.75, 3.05) is 14.1 Å². The molecule has 3 nitrogen and oxygen atoms in total. The van der Waals surface area contributed by atoms with Crippen LogP contribution in [0.2, 0.25) is 5.02 Å². The third-order valence-corrected chi connectivity index (χ3v) is 4.39. The van der Waals surface area contributed by atoms with Gasteiger partial charge in [0.15, 0.2) is 0 Å². The van der Waals surface area contributed by atoms with Gasteiger partial charge >= 0.3 is 0 Å². The Morgan fingerprint density at radius 3 is 2.46 bits per heavy atom. The van der Waals surface area contributed by atoms with E-state index in [-0.39, 0.29) is 11.9 Å². The molecule has 0 aliphatic heterocycles. The summed E-state index contributed by atoms with van der Waals surface area (Å²) in [6.07, 6.45) is 0. The SMILES string of the molecule is CC(C)n1c(-c2ccccc2C(=O)N(C)C)cc2cc(Cl)ccc21. The number of carbonyl (C=O) groups excluding carboxylic acids is 1. The van der Waals surface area contributed by atoms with Crippen LogP contribution in [-0.4, -0.2) is 29.5 Å². The first-order valence-corrected chi connectivity index (χ1v) is 8.39. The van der Waals surface area contributed by atoms with Crippen LogP contribution in [0.15, 0.2) is 48.5 Å². The van der Waals surface area contributed by atoms with Gasteiger partial charge in [0, 0.05) is 47.2 Å². The third kappa shape index (κ3) is 2.80. The van der Waals surface area contributed by atoms with Crippen LogP contribution < -0.4 is 0 Å². The van der Waals surface area contributed by atoms with Gasteiger partial charge in [-0.15, -0.1) is 0 Å². The number of hydrogen-bond acceptors (Lipinski definition) is 1. The van der Waals surface area contributed by atoms with Crippen molar-refractivity contribution in [2.24, 2.45) is 0 Å². The second-order valence-corrected chi connectivity index (χ2v) is 6.88. The quantitative estimate of drug-likeness (QED) is 0.639. The van der Waals surface area contributed by atoms with Gasteiger partial charge in [-0.3, -0.25) is 4.79 Å². The largest absolute Gasteiger partial charge is 0.345 e. The van der Waals surface area contributed by atoms with Crippen LogP contribution in [0.4, 0.5) is 0 Å². The fraction of sp³-hybridized carbons (Fsp3) is 0.250. The summed E-state index contributed by atoms with van der Waals surface area (Å²) >= 11 is 6.16. The summed E-state index contributed by atoms with van der Waals surface area (Å²) in [5, 5.41) is 1.80. The maximum Gasteiger partial charge on any atom is 0.254 e. The highest BCUT2D eigenvalue weighted by atomic mass is 35.5. The zero-order valence-electron chi connectivity index (χ0n) is 14.4. The Kier molecular flexibility index (Phi) is 4.37. The molecule has 24 heavy (non-hydrogen) atoms. The molecule has 0 aliphatic carbocycles. The first kappa shape index (κ1) is 16.6. The predicted molar refractivity (Wildman–Crippen MR) is 101 cm³/mol. The molecule has 0 saturated carbocycles. The fourth-order valence-corrected chi connectivity index (χ4v) is 3.29. The average molecular weight is 341 g/mol. The maximum atomic E-state index is 12.6. The lowest BCUT2D eigenvalue weighted by Crippen LogP contribution is -2.22. The maximum absolute atomic E-state index is 12.6. The van der Waals surface area contributed by atoms with Gasteiger partial charge in [0.2, 0.25) is 0 Å². The Hall–Kier alpha value is -2.26. The second-order valence-electron chi connectivity index (χ2n) is 6.44. The van der Waals surface area contributed by atoms with Crippen molar-refractivity contribution >= 4 is 28.4 Å². The van der Waals surface area contributed by atoms with Crippen molar-refractivity contribution < 1.29 is 4.79 Å². The molecule has 0 radical (unpaired) electrons. The number of aromatic nitrogens is 1. The van der Waals surface area contributed by atoms with Gasteiger partial charge in [0.05, 0.1) is 5.69 Å². The van der Waals surface area contributed by atoms with Crippen molar-refractivity contribution in [1.82, 2.24) is 9.47 Å². The van der Waals surface area contributed by atoms with E-state index >= 15 is 0 Å². The van der Waals surface area contributed by atoms with Crippen LogP contribution in [0, 0.1) is 0 Å². The average Bonchev–Trinajstić information content (AvgIpc) is 2.92. The summed E-state index contributed by atoms with van der Waals surface area (Å²) in [6, 6.07) is 16.1. The summed E-state index contributed by atoms with van der Waals surface area (Å²) in [5.74, 6) is 0.00388. The molecule has 0 atom stereocenters. The molecule has 0 saturated heterocycles. The van der Waals surface area contributed by atoms with Crippen LogP contribution in [0.25, 0.3) is 22.2 Å². The van der Waals surface area contributed by atoms with E-state index in [1.54, 1.807) is 19.0 Å². The molecule has 0 N–H and O–H groups in total. The Morgan fingerprint density at radius 2 is 1.79 bits per heavy atom. The summed E-state index contributed by atoms with van der Waals surface area (Å²) in [6.45, 7) is 4.29. The summed E-state index contributed by atoms with van der Waals surface area (Å²) in [4.78, 5) is 14.2. The molecule has 3 rings (SSSR count). The standard InChI is InChI=1S/C20H21ClN2O/c1-13(2)23-18-10-9-15(21)11-14(18)12-19(23)16-7-5-6-8-17(16)20(24)22(3)4/h5-13H,1-4H3. The first-order valence-electron chi connectivity index (χ1n) is 8.01. The Balaban J connectivity index is 2.31. The minimum Gasteiger partial charge on any atom is -0.345 e. The highest BCUT2D eigenvalue weighted by Crippen LogP contribution is 2.34. The van der Waals surface area contributed by atoms with Crippen molar-refractivity contribution in [3.05, 3.63) is 59.1 Å². The van der Waals surface area contributed by atoms with E-state index in [1.807, 2.05) is 42.5 Å². The Morgan fingerprint density at radius 1 is 1.08 bits per heavy atom. The topological polar surface area (TPSA) is 25.2 Å². The number of nitrogens with zero attached hydrogens (tertiary/aromatic N) is 2. The molecule has 124 valence electrons. The van der Waals surface area contributed by atoms with Crippen LogP contribution in [0.1, 0.15) is 30.2 Å². The highest BCUT2D eigenvalue weighted by Gasteiger charge is 2.19. The summed E-state index contributed by atoms with van der Waals surface area (Å²) in [7, 11) is 3.55. The fourth-order valence-electron chi connectivity index (χ4n) is 3.10. The normalized spacial score (nSPS) is 11.2. The molecule has 2 aromatic carbocycles. The van der Waals surface area contributed by atoms with Crippen LogP contribution >= 0.6 is 11.6 Å². The lowest BCUT2D eigenvalue weighted by atomic mass is 10.0. The molecule has 0 unspecified atom stereocenters. The summed E-state index contributed by atoms with van der Waals surface area (Å²) in [5.41, 5.74) is 3.81. The minimum absolute atomic E-state index is 0.00388. The lowest BCUT2D eigenvalue weighted by molar-refractivity contribution is 0.0828. The van der Waals surface area contributed by atoms with E-state index in [0.717, 1.165) is 22.2 Å². The van der Waals surface area contributed by atoms with E-state index < -0.39 is 0 Å². The number of fused-ring (bicyclic) bond motifs is 1. The molecule has 1 heterocycles.